The van der Waals surface area contributed by atoms with Crippen LogP contribution in [0.5, 0.6) is 5.75 Å². The average molecular weight is 399 g/mol. The van der Waals surface area contributed by atoms with Crippen LogP contribution in [0.1, 0.15) is 59.9 Å². The minimum atomic E-state index is -1.88. The van der Waals surface area contributed by atoms with E-state index in [-0.39, 0.29) is 0 Å². The Morgan fingerprint density at radius 1 is 0.893 bits per heavy atom. The Morgan fingerprint density at radius 2 is 1.43 bits per heavy atom. The van der Waals surface area contributed by atoms with Crippen LogP contribution in [0.2, 0.25) is 16.6 Å². The molecule has 0 N–H and O–H groups in total. The number of rotatable bonds is 9. The van der Waals surface area contributed by atoms with Crippen molar-refractivity contribution in [1.29, 1.82) is 0 Å². The van der Waals surface area contributed by atoms with E-state index in [1.165, 1.54) is 18.4 Å². The number of hydrogen-bond acceptors (Lipinski definition) is 2. The quantitative estimate of drug-likeness (QED) is 0.322. The number of benzene rings is 1. The van der Waals surface area contributed by atoms with Crippen LogP contribution in [0, 0.1) is 11.8 Å². The van der Waals surface area contributed by atoms with Crippen LogP contribution in [0.25, 0.3) is 6.08 Å². The summed E-state index contributed by atoms with van der Waals surface area (Å²) >= 11 is 0. The van der Waals surface area contributed by atoms with Gasteiger partial charge in [-0.05, 0) is 47.2 Å². The lowest BCUT2D eigenvalue weighted by Gasteiger charge is -2.42. The van der Waals surface area contributed by atoms with Crippen molar-refractivity contribution >= 4 is 14.4 Å². The molecule has 1 aromatic carbocycles. The second kappa shape index (κ2) is 9.00. The molecule has 2 unspecified atom stereocenters. The summed E-state index contributed by atoms with van der Waals surface area (Å²) in [5, 5.41) is 0. The molecule has 1 fully saturated rings. The van der Waals surface area contributed by atoms with Gasteiger partial charge in [0.2, 0.25) is 0 Å². The summed E-state index contributed by atoms with van der Waals surface area (Å²) in [4.78, 5) is 0. The van der Waals surface area contributed by atoms with E-state index in [2.05, 4.69) is 90.1 Å². The highest BCUT2D eigenvalue weighted by molar-refractivity contribution is 6.78. The number of hydrogen-bond donors (Lipinski definition) is 0. The summed E-state index contributed by atoms with van der Waals surface area (Å²) in [6, 6.07) is 8.59. The molecule has 0 aliphatic heterocycles. The highest BCUT2D eigenvalue weighted by Crippen LogP contribution is 2.43. The molecule has 0 aromatic heterocycles. The second-order valence-electron chi connectivity index (χ2n) is 9.48. The van der Waals surface area contributed by atoms with E-state index in [0.29, 0.717) is 41.2 Å². The fraction of sp³-hybridized carbons (Fsp3) is 0.600. The van der Waals surface area contributed by atoms with Gasteiger partial charge >= 0.3 is 0 Å². The maximum absolute atomic E-state index is 6.75. The molecular formula is C25H38O2Si. The first-order chi connectivity index (χ1) is 13.3. The predicted octanol–water partition coefficient (Wildman–Crippen LogP) is 7.24. The van der Waals surface area contributed by atoms with Gasteiger partial charge in [0, 0.05) is 11.8 Å². The monoisotopic (exact) mass is 398 g/mol. The van der Waals surface area contributed by atoms with Crippen LogP contribution in [0.3, 0.4) is 0 Å². The summed E-state index contributed by atoms with van der Waals surface area (Å²) in [6.07, 6.45) is 12.0. The van der Waals surface area contributed by atoms with Gasteiger partial charge in [-0.15, -0.1) is 0 Å². The third-order valence-corrected chi connectivity index (χ3v) is 12.9. The minimum absolute atomic E-state index is 0.418. The predicted molar refractivity (Wildman–Crippen MR) is 122 cm³/mol. The SMILES string of the molecule is CC(C)[Si](Oc1ccc(/C=C/COC2C3C=CC2CC3)cc1)(C(C)C)C(C)C. The van der Waals surface area contributed by atoms with E-state index < -0.39 is 8.32 Å². The lowest BCUT2D eigenvalue weighted by molar-refractivity contribution is 0.0479. The standard InChI is InChI=1S/C25H38O2Si/c1-18(2)28(19(3)4,20(5)6)27-24-15-9-21(10-16-24)8-7-17-26-25-22-11-12-23(25)14-13-22/h7-12,15-16,18-20,22-23,25H,13-14,17H2,1-6H3/b8-7+. The Morgan fingerprint density at radius 3 is 1.89 bits per heavy atom. The Bertz CT molecular complexity index is 651. The summed E-state index contributed by atoms with van der Waals surface area (Å²) in [5.74, 6) is 2.33. The highest BCUT2D eigenvalue weighted by atomic mass is 28.4. The molecule has 2 atom stereocenters. The maximum Gasteiger partial charge on any atom is 0.258 e. The van der Waals surface area contributed by atoms with Crippen molar-refractivity contribution < 1.29 is 9.16 Å². The molecule has 2 nitrogen and oxygen atoms in total. The van der Waals surface area contributed by atoms with E-state index in [1.807, 2.05) is 0 Å². The van der Waals surface area contributed by atoms with Crippen LogP contribution in [-0.2, 0) is 4.74 Å². The van der Waals surface area contributed by atoms with E-state index in [1.54, 1.807) is 0 Å². The zero-order valence-corrected chi connectivity index (χ0v) is 19.5. The molecule has 3 rings (SSSR count). The highest BCUT2D eigenvalue weighted by Gasteiger charge is 2.47. The van der Waals surface area contributed by atoms with E-state index in [9.17, 15) is 0 Å². The van der Waals surface area contributed by atoms with Gasteiger partial charge in [0.25, 0.3) is 8.32 Å². The van der Waals surface area contributed by atoms with Gasteiger partial charge in [0.05, 0.1) is 12.7 Å². The lowest BCUT2D eigenvalue weighted by atomic mass is 10.1. The van der Waals surface area contributed by atoms with E-state index in [4.69, 9.17) is 9.16 Å². The molecule has 1 aromatic rings. The summed E-state index contributed by atoms with van der Waals surface area (Å²) in [7, 11) is -1.88. The Balaban J connectivity index is 1.57. The summed E-state index contributed by atoms with van der Waals surface area (Å²) in [5.41, 5.74) is 2.97. The van der Waals surface area contributed by atoms with Crippen LogP contribution in [-0.4, -0.2) is 21.0 Å². The molecule has 0 heterocycles. The topological polar surface area (TPSA) is 18.5 Å². The Hall–Kier alpha value is -1.32. The first kappa shape index (κ1) is 21.4. The van der Waals surface area contributed by atoms with Crippen molar-refractivity contribution in [2.45, 2.75) is 77.1 Å². The van der Waals surface area contributed by atoms with Crippen molar-refractivity contribution in [3.05, 3.63) is 48.1 Å². The molecule has 154 valence electrons. The zero-order valence-electron chi connectivity index (χ0n) is 18.5. The summed E-state index contributed by atoms with van der Waals surface area (Å²) < 4.78 is 12.9. The lowest BCUT2D eigenvalue weighted by Crippen LogP contribution is -2.50. The van der Waals surface area contributed by atoms with Gasteiger partial charge in [-0.1, -0.05) is 78.0 Å². The first-order valence-corrected chi connectivity index (χ1v) is 13.2. The molecule has 0 saturated heterocycles. The van der Waals surface area contributed by atoms with Gasteiger partial charge in [-0.3, -0.25) is 0 Å². The molecule has 0 spiro atoms. The molecule has 1 saturated carbocycles. The largest absolute Gasteiger partial charge is 0.543 e. The molecule has 2 aliphatic carbocycles. The van der Waals surface area contributed by atoms with Gasteiger partial charge in [-0.25, -0.2) is 0 Å². The van der Waals surface area contributed by atoms with Crippen LogP contribution in [0.4, 0.5) is 0 Å². The third-order valence-electron chi connectivity index (χ3n) is 6.86. The number of ether oxygens (including phenoxy) is 1. The molecule has 28 heavy (non-hydrogen) atoms. The van der Waals surface area contributed by atoms with Gasteiger partial charge in [0.15, 0.2) is 0 Å². The van der Waals surface area contributed by atoms with Crippen molar-refractivity contribution in [2.75, 3.05) is 6.61 Å². The van der Waals surface area contributed by atoms with Gasteiger partial charge in [0.1, 0.15) is 5.75 Å². The first-order valence-electron chi connectivity index (χ1n) is 11.1. The van der Waals surface area contributed by atoms with Crippen LogP contribution < -0.4 is 4.43 Å². The van der Waals surface area contributed by atoms with Crippen molar-refractivity contribution in [1.82, 2.24) is 0 Å². The maximum atomic E-state index is 6.75. The third kappa shape index (κ3) is 4.31. The normalized spacial score (nSPS) is 24.4. The fourth-order valence-electron chi connectivity index (χ4n) is 5.53. The van der Waals surface area contributed by atoms with Crippen LogP contribution >= 0.6 is 0 Å². The molecule has 2 bridgehead atoms. The molecule has 0 amide bonds. The minimum Gasteiger partial charge on any atom is -0.543 e. The fourth-order valence-corrected chi connectivity index (χ4v) is 10.8. The van der Waals surface area contributed by atoms with Crippen molar-refractivity contribution in [2.24, 2.45) is 11.8 Å². The number of fused-ring (bicyclic) bond motifs is 2. The Kier molecular flexibility index (Phi) is 6.88. The molecule has 3 heteroatoms. The van der Waals surface area contributed by atoms with Gasteiger partial charge in [-0.2, -0.15) is 0 Å². The summed E-state index contributed by atoms with van der Waals surface area (Å²) in [6.45, 7) is 14.7. The molecular weight excluding hydrogens is 360 g/mol. The Labute approximate surface area is 173 Å². The van der Waals surface area contributed by atoms with Crippen molar-refractivity contribution in [3.8, 4) is 5.75 Å². The molecule has 2 aliphatic rings. The second-order valence-corrected chi connectivity index (χ2v) is 14.9. The van der Waals surface area contributed by atoms with Crippen LogP contribution in [0.15, 0.2) is 42.5 Å². The van der Waals surface area contributed by atoms with Crippen molar-refractivity contribution in [3.63, 3.8) is 0 Å². The van der Waals surface area contributed by atoms with Gasteiger partial charge < -0.3 is 9.16 Å². The molecule has 0 radical (unpaired) electrons. The van der Waals surface area contributed by atoms with E-state index >= 15 is 0 Å². The average Bonchev–Trinajstić information content (AvgIpc) is 3.23. The zero-order chi connectivity index (χ0) is 20.3. The van der Waals surface area contributed by atoms with E-state index in [0.717, 1.165) is 5.75 Å². The smallest absolute Gasteiger partial charge is 0.258 e.